The van der Waals surface area contributed by atoms with Gasteiger partial charge in [-0.3, -0.25) is 0 Å². The number of ether oxygens (including phenoxy) is 1. The van der Waals surface area contributed by atoms with Gasteiger partial charge >= 0.3 is 0 Å². The van der Waals surface area contributed by atoms with Crippen LogP contribution in [0.3, 0.4) is 0 Å². The summed E-state index contributed by atoms with van der Waals surface area (Å²) in [5.41, 5.74) is 0.966. The normalized spacial score (nSPS) is 14.2. The number of hydrogen-bond donors (Lipinski definition) is 1. The van der Waals surface area contributed by atoms with Gasteiger partial charge in [-0.1, -0.05) is 33.6 Å². The molecule has 0 heterocycles. The van der Waals surface area contributed by atoms with E-state index in [2.05, 4.69) is 21.2 Å². The minimum absolute atomic E-state index is 0.188. The lowest BCUT2D eigenvalue weighted by Crippen LogP contribution is -2.15. The summed E-state index contributed by atoms with van der Waals surface area (Å²) in [5, 5.41) is 3.99. The summed E-state index contributed by atoms with van der Waals surface area (Å²) in [6.45, 7) is 0.690. The summed E-state index contributed by atoms with van der Waals surface area (Å²) < 4.78 is 20.3. The van der Waals surface area contributed by atoms with Crippen molar-refractivity contribution in [1.29, 1.82) is 0 Å². The van der Waals surface area contributed by atoms with Crippen LogP contribution in [0.2, 0.25) is 5.02 Å². The lowest BCUT2D eigenvalue weighted by Gasteiger charge is -2.13. The summed E-state index contributed by atoms with van der Waals surface area (Å²) in [5.74, 6) is 0.357. The van der Waals surface area contributed by atoms with Crippen LogP contribution in [0, 0.1) is 5.82 Å². The molecule has 0 bridgehead atoms. The minimum atomic E-state index is -0.412. The molecule has 1 saturated carbocycles. The lowest BCUT2D eigenvalue weighted by atomic mass is 10.2. The van der Waals surface area contributed by atoms with Gasteiger partial charge in [-0.15, -0.1) is 0 Å². The van der Waals surface area contributed by atoms with E-state index in [1.165, 1.54) is 18.9 Å². The molecule has 0 saturated heterocycles. The van der Waals surface area contributed by atoms with Gasteiger partial charge in [-0.05, 0) is 43.2 Å². The van der Waals surface area contributed by atoms with E-state index in [9.17, 15) is 4.39 Å². The smallest absolute Gasteiger partial charge is 0.166 e. The van der Waals surface area contributed by atoms with Gasteiger partial charge in [0.25, 0.3) is 0 Å². The quantitative estimate of drug-likeness (QED) is 0.772. The van der Waals surface area contributed by atoms with Crippen LogP contribution in [-0.2, 0) is 6.54 Å². The summed E-state index contributed by atoms with van der Waals surface area (Å²) in [4.78, 5) is 0. The van der Waals surface area contributed by atoms with E-state index >= 15 is 0 Å². The molecule has 1 aliphatic rings. The van der Waals surface area contributed by atoms with Crippen LogP contribution in [-0.4, -0.2) is 6.04 Å². The first-order valence-corrected chi connectivity index (χ1v) is 7.93. The van der Waals surface area contributed by atoms with Crippen LogP contribution in [0.1, 0.15) is 18.4 Å². The van der Waals surface area contributed by atoms with E-state index in [0.717, 1.165) is 5.56 Å². The van der Waals surface area contributed by atoms with Crippen molar-refractivity contribution in [2.24, 2.45) is 0 Å². The standard InChI is InChI=1S/C16H14BrClFNO/c17-11-2-6-15(14(19)7-11)21-16-8-12(18)3-1-10(16)9-20-13-4-5-13/h1-3,6-8,13,20H,4-5,9H2. The van der Waals surface area contributed by atoms with Gasteiger partial charge in [0.05, 0.1) is 0 Å². The highest BCUT2D eigenvalue weighted by Crippen LogP contribution is 2.31. The van der Waals surface area contributed by atoms with Gasteiger partial charge < -0.3 is 10.1 Å². The van der Waals surface area contributed by atoms with Crippen LogP contribution in [0.15, 0.2) is 40.9 Å². The van der Waals surface area contributed by atoms with E-state index in [1.54, 1.807) is 18.2 Å². The third kappa shape index (κ3) is 3.96. The van der Waals surface area contributed by atoms with Crippen LogP contribution in [0.25, 0.3) is 0 Å². The monoisotopic (exact) mass is 369 g/mol. The van der Waals surface area contributed by atoms with E-state index in [-0.39, 0.29) is 5.75 Å². The van der Waals surface area contributed by atoms with E-state index in [0.29, 0.717) is 27.8 Å². The number of nitrogens with one attached hydrogen (secondary N) is 1. The minimum Gasteiger partial charge on any atom is -0.454 e. The molecule has 3 rings (SSSR count). The molecule has 0 spiro atoms. The summed E-state index contributed by atoms with van der Waals surface area (Å²) in [6.07, 6.45) is 2.43. The Balaban J connectivity index is 1.83. The van der Waals surface area contributed by atoms with Crippen molar-refractivity contribution in [1.82, 2.24) is 5.32 Å². The molecular formula is C16H14BrClFNO. The number of benzene rings is 2. The fraction of sp³-hybridized carbons (Fsp3) is 0.250. The summed E-state index contributed by atoms with van der Waals surface area (Å²) in [6, 6.07) is 10.7. The topological polar surface area (TPSA) is 21.3 Å². The van der Waals surface area contributed by atoms with Crippen molar-refractivity contribution in [3.05, 3.63) is 57.3 Å². The number of halogens is 3. The van der Waals surface area contributed by atoms with Crippen LogP contribution in [0.5, 0.6) is 11.5 Å². The number of rotatable bonds is 5. The summed E-state index contributed by atoms with van der Waals surface area (Å²) >= 11 is 9.25. The first-order chi connectivity index (χ1) is 10.1. The molecule has 0 aliphatic heterocycles. The molecule has 0 unspecified atom stereocenters. The highest BCUT2D eigenvalue weighted by Gasteiger charge is 2.21. The van der Waals surface area contributed by atoms with Gasteiger partial charge in [0.2, 0.25) is 0 Å². The Labute approximate surface area is 136 Å². The molecule has 2 nitrogen and oxygen atoms in total. The fourth-order valence-corrected chi connectivity index (χ4v) is 2.48. The molecule has 0 radical (unpaired) electrons. The summed E-state index contributed by atoms with van der Waals surface area (Å²) in [7, 11) is 0. The van der Waals surface area contributed by atoms with Gasteiger partial charge in [-0.2, -0.15) is 0 Å². The molecule has 5 heteroatoms. The second-order valence-corrected chi connectivity index (χ2v) is 6.44. The predicted molar refractivity (Wildman–Crippen MR) is 85.5 cm³/mol. The maximum absolute atomic E-state index is 13.9. The average molecular weight is 371 g/mol. The van der Waals surface area contributed by atoms with Crippen LogP contribution < -0.4 is 10.1 Å². The molecule has 2 aromatic rings. The van der Waals surface area contributed by atoms with Gasteiger partial charge in [0, 0.05) is 27.6 Å². The Hall–Kier alpha value is -1.10. The molecule has 0 aromatic heterocycles. The maximum Gasteiger partial charge on any atom is 0.166 e. The van der Waals surface area contributed by atoms with Gasteiger partial charge in [0.1, 0.15) is 5.75 Å². The molecule has 0 atom stereocenters. The van der Waals surface area contributed by atoms with Gasteiger partial charge in [-0.25, -0.2) is 4.39 Å². The Kier molecular flexibility index (Phi) is 4.48. The Morgan fingerprint density at radius 1 is 1.19 bits per heavy atom. The average Bonchev–Trinajstić information content (AvgIpc) is 3.25. The molecule has 1 N–H and O–H groups in total. The molecule has 1 aliphatic carbocycles. The maximum atomic E-state index is 13.9. The zero-order valence-electron chi connectivity index (χ0n) is 11.2. The highest BCUT2D eigenvalue weighted by atomic mass is 79.9. The second kappa shape index (κ2) is 6.34. The second-order valence-electron chi connectivity index (χ2n) is 5.08. The van der Waals surface area contributed by atoms with Gasteiger partial charge in [0.15, 0.2) is 11.6 Å². The van der Waals surface area contributed by atoms with Crippen LogP contribution >= 0.6 is 27.5 Å². The van der Waals surface area contributed by atoms with Crippen molar-refractivity contribution in [2.45, 2.75) is 25.4 Å². The Morgan fingerprint density at radius 2 is 2.00 bits per heavy atom. The fourth-order valence-electron chi connectivity index (χ4n) is 1.99. The molecule has 2 aromatic carbocycles. The first-order valence-electron chi connectivity index (χ1n) is 6.76. The van der Waals surface area contributed by atoms with Crippen LogP contribution in [0.4, 0.5) is 4.39 Å². The van der Waals surface area contributed by atoms with E-state index in [4.69, 9.17) is 16.3 Å². The molecule has 1 fully saturated rings. The predicted octanol–water partition coefficient (Wildman–Crippen LogP) is 5.29. The molecule has 0 amide bonds. The SMILES string of the molecule is Fc1cc(Br)ccc1Oc1cc(Cl)ccc1CNC1CC1. The third-order valence-corrected chi connectivity index (χ3v) is 4.03. The van der Waals surface area contributed by atoms with Crippen molar-refractivity contribution in [2.75, 3.05) is 0 Å². The van der Waals surface area contributed by atoms with Crippen molar-refractivity contribution < 1.29 is 9.13 Å². The zero-order chi connectivity index (χ0) is 14.8. The zero-order valence-corrected chi connectivity index (χ0v) is 13.5. The first kappa shape index (κ1) is 14.8. The van der Waals surface area contributed by atoms with Crippen molar-refractivity contribution >= 4 is 27.5 Å². The van der Waals surface area contributed by atoms with Crippen molar-refractivity contribution in [3.8, 4) is 11.5 Å². The molecular weight excluding hydrogens is 357 g/mol. The Bertz CT molecular complexity index is 661. The number of hydrogen-bond acceptors (Lipinski definition) is 2. The third-order valence-electron chi connectivity index (χ3n) is 3.30. The largest absolute Gasteiger partial charge is 0.454 e. The van der Waals surface area contributed by atoms with Crippen molar-refractivity contribution in [3.63, 3.8) is 0 Å². The Morgan fingerprint density at radius 3 is 2.71 bits per heavy atom. The molecule has 21 heavy (non-hydrogen) atoms. The highest BCUT2D eigenvalue weighted by molar-refractivity contribution is 9.10. The molecule has 110 valence electrons. The lowest BCUT2D eigenvalue weighted by molar-refractivity contribution is 0.435. The van der Waals surface area contributed by atoms with E-state index < -0.39 is 5.82 Å². The van der Waals surface area contributed by atoms with E-state index in [1.807, 2.05) is 12.1 Å².